The number of fused-ring (bicyclic) bond motifs is 2. The molecule has 5 rings (SSSR count). The normalized spacial score (nSPS) is 18.8. The Kier molecular flexibility index (Phi) is 5.41. The van der Waals surface area contributed by atoms with Gasteiger partial charge in [0.15, 0.2) is 5.65 Å². The number of nitrogens with zero attached hydrogens (tertiary/aromatic N) is 4. The maximum atomic E-state index is 12.9. The van der Waals surface area contributed by atoms with Gasteiger partial charge in [0.1, 0.15) is 22.7 Å². The van der Waals surface area contributed by atoms with E-state index < -0.39 is 6.61 Å². The minimum absolute atomic E-state index is 0.0229. The molecule has 1 amide bonds. The van der Waals surface area contributed by atoms with Crippen molar-refractivity contribution in [3.8, 4) is 17.1 Å². The lowest BCUT2D eigenvalue weighted by Gasteiger charge is -2.26. The van der Waals surface area contributed by atoms with Crippen LogP contribution in [0.25, 0.3) is 33.5 Å². The molecule has 0 radical (unpaired) electrons. The lowest BCUT2D eigenvalue weighted by atomic mass is 9.92. The van der Waals surface area contributed by atoms with Crippen LogP contribution < -0.4 is 15.8 Å². The first-order valence-corrected chi connectivity index (χ1v) is 10.7. The van der Waals surface area contributed by atoms with Gasteiger partial charge in [0.25, 0.3) is 5.91 Å². The van der Waals surface area contributed by atoms with E-state index in [9.17, 15) is 13.6 Å². The summed E-state index contributed by atoms with van der Waals surface area (Å²) < 4.78 is 31.5. The number of H-pyrrole nitrogens is 1. The molecule has 33 heavy (non-hydrogen) atoms. The lowest BCUT2D eigenvalue weighted by Crippen LogP contribution is -2.40. The SMILES string of the molecule is Cn1nc(-c2cnc3[nH]cc(C(=O)NC4CCC(N)CC4)c3n2)c2cc(OC(F)F)ccc21. The lowest BCUT2D eigenvalue weighted by molar-refractivity contribution is -0.0497. The summed E-state index contributed by atoms with van der Waals surface area (Å²) in [7, 11) is 1.75. The fraction of sp³-hybridized carbons (Fsp3) is 0.364. The standard InChI is InChI=1S/C22H23F2N7O2/c1-31-17-7-6-13(33-22(23)24)8-14(17)18(30-31)16-10-27-20-19(29-16)15(9-26-20)21(32)28-12-4-2-11(25)3-5-12/h6-12,22H,2-5,25H2,1H3,(H,26,27)(H,28,32). The summed E-state index contributed by atoms with van der Waals surface area (Å²) >= 11 is 0. The summed E-state index contributed by atoms with van der Waals surface area (Å²) in [5.41, 5.74) is 8.81. The van der Waals surface area contributed by atoms with Crippen molar-refractivity contribution in [2.24, 2.45) is 12.8 Å². The second kappa shape index (κ2) is 8.39. The van der Waals surface area contributed by atoms with Crippen LogP contribution >= 0.6 is 0 Å². The second-order valence-electron chi connectivity index (χ2n) is 8.27. The van der Waals surface area contributed by atoms with Crippen LogP contribution in [0.5, 0.6) is 5.75 Å². The van der Waals surface area contributed by atoms with Gasteiger partial charge in [-0.2, -0.15) is 13.9 Å². The molecule has 9 nitrogen and oxygen atoms in total. The van der Waals surface area contributed by atoms with Crippen LogP contribution in [0, 0.1) is 0 Å². The van der Waals surface area contributed by atoms with Crippen molar-refractivity contribution in [1.29, 1.82) is 0 Å². The first kappa shape index (κ1) is 21.3. The van der Waals surface area contributed by atoms with E-state index in [0.29, 0.717) is 33.5 Å². The molecular weight excluding hydrogens is 432 g/mol. The van der Waals surface area contributed by atoms with Gasteiger partial charge in [0.2, 0.25) is 0 Å². The first-order valence-electron chi connectivity index (χ1n) is 10.7. The Bertz CT molecular complexity index is 1330. The van der Waals surface area contributed by atoms with Gasteiger partial charge in [0.05, 0.1) is 17.3 Å². The maximum Gasteiger partial charge on any atom is 0.387 e. The molecule has 0 spiro atoms. The number of aromatic nitrogens is 5. The molecule has 1 aromatic carbocycles. The van der Waals surface area contributed by atoms with E-state index in [1.54, 1.807) is 24.0 Å². The van der Waals surface area contributed by atoms with Gasteiger partial charge in [-0.1, -0.05) is 0 Å². The molecule has 4 aromatic rings. The maximum absolute atomic E-state index is 12.9. The second-order valence-corrected chi connectivity index (χ2v) is 8.27. The number of halogens is 2. The van der Waals surface area contributed by atoms with Gasteiger partial charge in [-0.05, 0) is 43.9 Å². The number of rotatable bonds is 5. The van der Waals surface area contributed by atoms with Crippen LogP contribution in [0.4, 0.5) is 8.78 Å². The highest BCUT2D eigenvalue weighted by Gasteiger charge is 2.23. The minimum atomic E-state index is -2.93. The molecule has 4 N–H and O–H groups in total. The Hall–Kier alpha value is -3.60. The number of carbonyl (C=O) groups excluding carboxylic acids is 1. The Morgan fingerprint density at radius 1 is 1.30 bits per heavy atom. The van der Waals surface area contributed by atoms with E-state index in [1.165, 1.54) is 18.3 Å². The van der Waals surface area contributed by atoms with Crippen LogP contribution in [0.1, 0.15) is 36.0 Å². The summed E-state index contributed by atoms with van der Waals surface area (Å²) in [6.45, 7) is -2.93. The smallest absolute Gasteiger partial charge is 0.387 e. The van der Waals surface area contributed by atoms with E-state index in [2.05, 4.69) is 30.1 Å². The molecule has 172 valence electrons. The molecule has 0 aliphatic heterocycles. The molecule has 0 bridgehead atoms. The number of hydrogen-bond acceptors (Lipinski definition) is 6. The first-order chi connectivity index (χ1) is 15.9. The molecule has 1 saturated carbocycles. The number of benzene rings is 1. The monoisotopic (exact) mass is 455 g/mol. The number of alkyl halides is 2. The third-order valence-electron chi connectivity index (χ3n) is 6.02. The number of ether oxygens (including phenoxy) is 1. The van der Waals surface area contributed by atoms with Gasteiger partial charge in [-0.3, -0.25) is 9.48 Å². The molecule has 1 aliphatic carbocycles. The van der Waals surface area contributed by atoms with Gasteiger partial charge in [-0.25, -0.2) is 9.97 Å². The topological polar surface area (TPSA) is 124 Å². The zero-order valence-electron chi connectivity index (χ0n) is 17.9. The zero-order valence-corrected chi connectivity index (χ0v) is 17.9. The number of aromatic amines is 1. The predicted molar refractivity (Wildman–Crippen MR) is 118 cm³/mol. The third-order valence-corrected chi connectivity index (χ3v) is 6.02. The fourth-order valence-electron chi connectivity index (χ4n) is 4.32. The Balaban J connectivity index is 1.50. The third kappa shape index (κ3) is 4.11. The highest BCUT2D eigenvalue weighted by molar-refractivity contribution is 6.05. The van der Waals surface area contributed by atoms with E-state index in [-0.39, 0.29) is 23.7 Å². The zero-order chi connectivity index (χ0) is 23.1. The van der Waals surface area contributed by atoms with E-state index in [4.69, 9.17) is 5.73 Å². The number of aryl methyl sites for hydroxylation is 1. The summed E-state index contributed by atoms with van der Waals surface area (Å²) in [5.74, 6) is -0.207. The highest BCUT2D eigenvalue weighted by Crippen LogP contribution is 2.31. The largest absolute Gasteiger partial charge is 0.435 e. The van der Waals surface area contributed by atoms with E-state index >= 15 is 0 Å². The minimum Gasteiger partial charge on any atom is -0.435 e. The summed E-state index contributed by atoms with van der Waals surface area (Å²) in [4.78, 5) is 25.0. The van der Waals surface area contributed by atoms with Crippen LogP contribution in [-0.4, -0.2) is 49.3 Å². The van der Waals surface area contributed by atoms with Gasteiger partial charge in [-0.15, -0.1) is 0 Å². The summed E-state index contributed by atoms with van der Waals surface area (Å²) in [5, 5.41) is 8.15. The number of nitrogens with one attached hydrogen (secondary N) is 2. The molecule has 1 fully saturated rings. The Morgan fingerprint density at radius 2 is 2.09 bits per heavy atom. The average molecular weight is 455 g/mol. The molecule has 1 aliphatic rings. The molecule has 0 saturated heterocycles. The number of nitrogens with two attached hydrogens (primary N) is 1. The number of hydrogen-bond donors (Lipinski definition) is 3. The van der Waals surface area contributed by atoms with Gasteiger partial charge in [0, 0.05) is 30.7 Å². The number of amides is 1. The van der Waals surface area contributed by atoms with Crippen molar-refractivity contribution >= 4 is 28.0 Å². The fourth-order valence-corrected chi connectivity index (χ4v) is 4.32. The molecular formula is C22H23F2N7O2. The van der Waals surface area contributed by atoms with Crippen molar-refractivity contribution in [3.63, 3.8) is 0 Å². The molecule has 0 atom stereocenters. The molecule has 3 aromatic heterocycles. The van der Waals surface area contributed by atoms with Crippen LogP contribution in [0.2, 0.25) is 0 Å². The van der Waals surface area contributed by atoms with Crippen LogP contribution in [0.15, 0.2) is 30.6 Å². The Labute approximate surface area is 187 Å². The van der Waals surface area contributed by atoms with Crippen LogP contribution in [0.3, 0.4) is 0 Å². The van der Waals surface area contributed by atoms with Crippen molar-refractivity contribution in [2.75, 3.05) is 0 Å². The van der Waals surface area contributed by atoms with Crippen molar-refractivity contribution in [2.45, 2.75) is 44.4 Å². The number of carbonyl (C=O) groups is 1. The van der Waals surface area contributed by atoms with Crippen LogP contribution in [-0.2, 0) is 7.05 Å². The van der Waals surface area contributed by atoms with Crippen molar-refractivity contribution < 1.29 is 18.3 Å². The molecule has 0 unspecified atom stereocenters. The predicted octanol–water partition coefficient (Wildman–Crippen LogP) is 3.11. The van der Waals surface area contributed by atoms with Crippen molar-refractivity contribution in [3.05, 3.63) is 36.2 Å². The van der Waals surface area contributed by atoms with Gasteiger partial charge < -0.3 is 20.8 Å². The summed E-state index contributed by atoms with van der Waals surface area (Å²) in [6, 6.07) is 4.88. The Morgan fingerprint density at radius 3 is 2.85 bits per heavy atom. The highest BCUT2D eigenvalue weighted by atomic mass is 19.3. The quantitative estimate of drug-likeness (QED) is 0.425. The summed E-state index contributed by atoms with van der Waals surface area (Å²) in [6.07, 6.45) is 6.57. The van der Waals surface area contributed by atoms with Gasteiger partial charge >= 0.3 is 6.61 Å². The van der Waals surface area contributed by atoms with E-state index in [1.807, 2.05) is 0 Å². The molecule has 11 heteroatoms. The molecule has 3 heterocycles. The average Bonchev–Trinajstić information content (AvgIpc) is 3.35. The van der Waals surface area contributed by atoms with Crippen molar-refractivity contribution in [1.82, 2.24) is 30.0 Å². The van der Waals surface area contributed by atoms with E-state index in [0.717, 1.165) is 31.2 Å².